The molecule has 3 amide bonds. The van der Waals surface area contributed by atoms with Crippen molar-refractivity contribution in [1.82, 2.24) is 10.2 Å². The van der Waals surface area contributed by atoms with Crippen molar-refractivity contribution in [2.75, 3.05) is 18.9 Å². The van der Waals surface area contributed by atoms with Crippen LogP contribution in [0.5, 0.6) is 0 Å². The third-order valence-electron chi connectivity index (χ3n) is 2.95. The third-order valence-corrected chi connectivity index (χ3v) is 2.95. The lowest BCUT2D eigenvalue weighted by atomic mass is 10.1. The molecular formula is C16H25N3O2. The highest BCUT2D eigenvalue weighted by molar-refractivity contribution is 5.93. The van der Waals surface area contributed by atoms with Gasteiger partial charge in [-0.2, -0.15) is 0 Å². The number of aryl methyl sites for hydroxylation is 2. The molecule has 0 aliphatic carbocycles. The van der Waals surface area contributed by atoms with Gasteiger partial charge < -0.3 is 15.5 Å². The largest absolute Gasteiger partial charge is 0.350 e. The molecule has 1 aromatic carbocycles. The number of hydrogen-bond acceptors (Lipinski definition) is 2. The molecule has 0 unspecified atom stereocenters. The van der Waals surface area contributed by atoms with Gasteiger partial charge in [-0.1, -0.05) is 18.2 Å². The van der Waals surface area contributed by atoms with Gasteiger partial charge in [0.25, 0.3) is 0 Å². The molecule has 1 rings (SSSR count). The first-order chi connectivity index (χ1) is 9.60. The molecular weight excluding hydrogens is 266 g/mol. The Morgan fingerprint density at radius 2 is 1.67 bits per heavy atom. The minimum absolute atomic E-state index is 0.0219. The molecule has 0 radical (unpaired) electrons. The van der Waals surface area contributed by atoms with Crippen molar-refractivity contribution in [3.05, 3.63) is 29.3 Å². The van der Waals surface area contributed by atoms with Crippen LogP contribution >= 0.6 is 0 Å². The van der Waals surface area contributed by atoms with E-state index in [1.165, 1.54) is 4.90 Å². The Morgan fingerprint density at radius 1 is 1.14 bits per heavy atom. The second kappa shape index (κ2) is 6.61. The van der Waals surface area contributed by atoms with Gasteiger partial charge in [-0.3, -0.25) is 4.79 Å². The molecule has 0 heterocycles. The number of nitrogens with zero attached hydrogens (tertiary/aromatic N) is 1. The maximum absolute atomic E-state index is 12.2. The zero-order valence-electron chi connectivity index (χ0n) is 13.7. The van der Waals surface area contributed by atoms with Gasteiger partial charge in [-0.25, -0.2) is 4.79 Å². The van der Waals surface area contributed by atoms with Crippen molar-refractivity contribution in [2.45, 2.75) is 40.2 Å². The lowest BCUT2D eigenvalue weighted by Gasteiger charge is -2.24. The molecule has 21 heavy (non-hydrogen) atoms. The van der Waals surface area contributed by atoms with Gasteiger partial charge in [0, 0.05) is 18.3 Å². The predicted octanol–water partition coefficient (Wildman–Crippen LogP) is 2.68. The summed E-state index contributed by atoms with van der Waals surface area (Å²) in [7, 11) is 1.60. The van der Waals surface area contributed by atoms with Crippen LogP contribution in [0.25, 0.3) is 0 Å². The molecule has 0 saturated carbocycles. The van der Waals surface area contributed by atoms with Crippen LogP contribution in [-0.4, -0.2) is 36.0 Å². The predicted molar refractivity (Wildman–Crippen MR) is 85.5 cm³/mol. The Balaban J connectivity index is 2.65. The fourth-order valence-electron chi connectivity index (χ4n) is 1.96. The third kappa shape index (κ3) is 5.45. The van der Waals surface area contributed by atoms with Crippen LogP contribution < -0.4 is 10.6 Å². The molecule has 0 spiro atoms. The van der Waals surface area contributed by atoms with E-state index in [-0.39, 0.29) is 24.0 Å². The molecule has 0 saturated heterocycles. The van der Waals surface area contributed by atoms with Gasteiger partial charge in [-0.15, -0.1) is 0 Å². The highest BCUT2D eigenvalue weighted by Gasteiger charge is 2.18. The van der Waals surface area contributed by atoms with Crippen LogP contribution in [0.3, 0.4) is 0 Å². The van der Waals surface area contributed by atoms with Crippen LogP contribution in [0.4, 0.5) is 10.5 Å². The molecule has 0 aliphatic rings. The van der Waals surface area contributed by atoms with Crippen LogP contribution in [0.1, 0.15) is 31.9 Å². The maximum Gasteiger partial charge on any atom is 0.322 e. The van der Waals surface area contributed by atoms with Gasteiger partial charge in [0.05, 0.1) is 0 Å². The zero-order chi connectivity index (χ0) is 16.2. The minimum atomic E-state index is -0.305. The number of carbonyl (C=O) groups is 2. The van der Waals surface area contributed by atoms with Crippen molar-refractivity contribution in [1.29, 1.82) is 0 Å². The SMILES string of the molecule is Cc1cccc(C)c1NC(=O)N(C)CC(=O)NC(C)(C)C. The fourth-order valence-corrected chi connectivity index (χ4v) is 1.96. The normalized spacial score (nSPS) is 11.0. The zero-order valence-corrected chi connectivity index (χ0v) is 13.7. The van der Waals surface area contributed by atoms with Gasteiger partial charge in [0.2, 0.25) is 5.91 Å². The molecule has 1 aromatic rings. The summed E-state index contributed by atoms with van der Waals surface area (Å²) in [5.74, 6) is -0.179. The summed E-state index contributed by atoms with van der Waals surface area (Å²) in [4.78, 5) is 25.3. The number of anilines is 1. The van der Waals surface area contributed by atoms with E-state index < -0.39 is 0 Å². The molecule has 5 heteroatoms. The Kier molecular flexibility index (Phi) is 5.35. The molecule has 116 valence electrons. The summed E-state index contributed by atoms with van der Waals surface area (Å²) in [6.45, 7) is 9.61. The Labute approximate surface area is 126 Å². The summed E-state index contributed by atoms with van der Waals surface area (Å²) >= 11 is 0. The van der Waals surface area contributed by atoms with Crippen molar-refractivity contribution in [3.63, 3.8) is 0 Å². The first-order valence-electron chi connectivity index (χ1n) is 6.99. The number of para-hydroxylation sites is 1. The number of urea groups is 1. The second-order valence-corrected chi connectivity index (χ2v) is 6.35. The lowest BCUT2D eigenvalue weighted by molar-refractivity contribution is -0.122. The van der Waals surface area contributed by atoms with E-state index >= 15 is 0 Å². The van der Waals surface area contributed by atoms with Gasteiger partial charge in [0.15, 0.2) is 0 Å². The van der Waals surface area contributed by atoms with E-state index in [9.17, 15) is 9.59 Å². The van der Waals surface area contributed by atoms with Crippen LogP contribution in [-0.2, 0) is 4.79 Å². The Morgan fingerprint density at radius 3 is 2.14 bits per heavy atom. The number of benzene rings is 1. The van der Waals surface area contributed by atoms with Gasteiger partial charge >= 0.3 is 6.03 Å². The van der Waals surface area contributed by atoms with Gasteiger partial charge in [0.1, 0.15) is 6.54 Å². The number of carbonyl (C=O) groups excluding carboxylic acids is 2. The van der Waals surface area contributed by atoms with E-state index in [1.54, 1.807) is 7.05 Å². The first-order valence-corrected chi connectivity index (χ1v) is 6.99. The molecule has 0 atom stereocenters. The van der Waals surface area contributed by atoms with E-state index in [0.717, 1.165) is 16.8 Å². The smallest absolute Gasteiger partial charge is 0.322 e. The summed E-state index contributed by atoms with van der Waals surface area (Å²) in [6, 6.07) is 5.53. The number of nitrogens with one attached hydrogen (secondary N) is 2. The summed E-state index contributed by atoms with van der Waals surface area (Å²) < 4.78 is 0. The average molecular weight is 291 g/mol. The van der Waals surface area contributed by atoms with Crippen LogP contribution in [0, 0.1) is 13.8 Å². The summed E-state index contributed by atoms with van der Waals surface area (Å²) in [6.07, 6.45) is 0. The molecule has 0 aromatic heterocycles. The molecule has 0 bridgehead atoms. The standard InChI is InChI=1S/C16H25N3O2/c1-11-8-7-9-12(2)14(11)17-15(21)19(6)10-13(20)18-16(3,4)5/h7-9H,10H2,1-6H3,(H,17,21)(H,18,20). The summed E-state index contributed by atoms with van der Waals surface area (Å²) in [5, 5.41) is 5.68. The monoisotopic (exact) mass is 291 g/mol. The summed E-state index contributed by atoms with van der Waals surface area (Å²) in [5.41, 5.74) is 2.48. The van der Waals surface area contributed by atoms with Crippen LogP contribution in [0.15, 0.2) is 18.2 Å². The lowest BCUT2D eigenvalue weighted by Crippen LogP contribution is -2.47. The quantitative estimate of drug-likeness (QED) is 0.899. The first kappa shape index (κ1) is 17.0. The van der Waals surface area contributed by atoms with Gasteiger partial charge in [-0.05, 0) is 45.7 Å². The second-order valence-electron chi connectivity index (χ2n) is 6.35. The van der Waals surface area contributed by atoms with Crippen molar-refractivity contribution in [2.24, 2.45) is 0 Å². The van der Waals surface area contributed by atoms with Crippen molar-refractivity contribution in [3.8, 4) is 0 Å². The fraction of sp³-hybridized carbons (Fsp3) is 0.500. The van der Waals surface area contributed by atoms with Crippen molar-refractivity contribution >= 4 is 17.6 Å². The van der Waals surface area contributed by atoms with E-state index in [0.29, 0.717) is 0 Å². The maximum atomic E-state index is 12.2. The number of likely N-dealkylation sites (N-methyl/N-ethyl adjacent to an activating group) is 1. The average Bonchev–Trinajstić information content (AvgIpc) is 2.31. The van der Waals surface area contributed by atoms with E-state index in [2.05, 4.69) is 10.6 Å². The topological polar surface area (TPSA) is 61.4 Å². The van der Waals surface area contributed by atoms with Crippen molar-refractivity contribution < 1.29 is 9.59 Å². The minimum Gasteiger partial charge on any atom is -0.350 e. The molecule has 0 aliphatic heterocycles. The number of amides is 3. The Bertz CT molecular complexity index is 513. The number of rotatable bonds is 3. The molecule has 0 fully saturated rings. The van der Waals surface area contributed by atoms with E-state index in [1.807, 2.05) is 52.8 Å². The molecule has 5 nitrogen and oxygen atoms in total. The number of hydrogen-bond donors (Lipinski definition) is 2. The molecule has 2 N–H and O–H groups in total. The highest BCUT2D eigenvalue weighted by Crippen LogP contribution is 2.19. The van der Waals surface area contributed by atoms with E-state index in [4.69, 9.17) is 0 Å². The Hall–Kier alpha value is -2.04. The van der Waals surface area contributed by atoms with Crippen LogP contribution in [0.2, 0.25) is 0 Å². The highest BCUT2D eigenvalue weighted by atomic mass is 16.2.